The number of alkyl halides is 3. The number of nitrogens with two attached hydrogens (primary N) is 1. The first kappa shape index (κ1) is 26.1. The lowest BCUT2D eigenvalue weighted by Gasteiger charge is -2.11. The number of anilines is 3. The molecule has 0 fully saturated rings. The van der Waals surface area contributed by atoms with Gasteiger partial charge < -0.3 is 11.1 Å². The largest absolute Gasteiger partial charge is 0.417 e. The zero-order valence-corrected chi connectivity index (χ0v) is 21.2. The third-order valence-electron chi connectivity index (χ3n) is 5.49. The standard InChI is InChI=1S/C25H17F3N6O3S2/c26-25(27,28)17-13-18(14-5-2-1-3-6-14)33-23-19(17)20(29)21(38-23)22(35)32-15-7-9-16(10-8-15)39(36,37)34-24-30-11-4-12-31-24/h1-13H,29H2,(H,32,35)(H,30,31,34). The van der Waals surface area contributed by atoms with Crippen LogP contribution in [0.25, 0.3) is 21.5 Å². The smallest absolute Gasteiger partial charge is 0.397 e. The van der Waals surface area contributed by atoms with Crippen molar-refractivity contribution in [1.82, 2.24) is 15.0 Å². The highest BCUT2D eigenvalue weighted by atomic mass is 32.2. The second kappa shape index (κ2) is 9.96. The number of rotatable bonds is 6. The molecular weight excluding hydrogens is 553 g/mol. The number of sulfonamides is 1. The molecule has 5 rings (SSSR count). The maximum atomic E-state index is 14.0. The summed E-state index contributed by atoms with van der Waals surface area (Å²) in [5, 5.41) is 2.18. The number of nitrogen functional groups attached to an aromatic ring is 1. The molecule has 0 unspecified atom stereocenters. The zero-order chi connectivity index (χ0) is 27.8. The van der Waals surface area contributed by atoms with E-state index in [9.17, 15) is 26.4 Å². The second-order valence-electron chi connectivity index (χ2n) is 8.10. The molecule has 2 aromatic carbocycles. The number of thiophene rings is 1. The molecule has 5 aromatic rings. The lowest BCUT2D eigenvalue weighted by molar-refractivity contribution is -0.136. The summed E-state index contributed by atoms with van der Waals surface area (Å²) < 4.78 is 69.3. The Kier molecular flexibility index (Phi) is 6.66. The molecule has 0 aliphatic rings. The third kappa shape index (κ3) is 5.37. The summed E-state index contributed by atoms with van der Waals surface area (Å²) in [6.45, 7) is 0. The normalized spacial score (nSPS) is 11.9. The van der Waals surface area contributed by atoms with Crippen LogP contribution >= 0.6 is 11.3 Å². The summed E-state index contributed by atoms with van der Waals surface area (Å²) >= 11 is 0.731. The van der Waals surface area contributed by atoms with Gasteiger partial charge in [-0.3, -0.25) is 4.79 Å². The Hall–Kier alpha value is -4.56. The highest BCUT2D eigenvalue weighted by Gasteiger charge is 2.36. The van der Waals surface area contributed by atoms with Crippen molar-refractivity contribution in [2.24, 2.45) is 0 Å². The molecule has 0 saturated heterocycles. The molecule has 0 aliphatic carbocycles. The van der Waals surface area contributed by atoms with E-state index in [2.05, 4.69) is 25.0 Å². The zero-order valence-electron chi connectivity index (χ0n) is 19.6. The van der Waals surface area contributed by atoms with Gasteiger partial charge in [0.25, 0.3) is 15.9 Å². The Labute approximate surface area is 223 Å². The number of aromatic nitrogens is 3. The molecule has 0 atom stereocenters. The topological polar surface area (TPSA) is 140 Å². The van der Waals surface area contributed by atoms with E-state index in [1.54, 1.807) is 30.3 Å². The highest BCUT2D eigenvalue weighted by Crippen LogP contribution is 2.43. The van der Waals surface area contributed by atoms with Gasteiger partial charge in [-0.15, -0.1) is 11.3 Å². The molecule has 3 aromatic heterocycles. The van der Waals surface area contributed by atoms with Crippen LogP contribution in [0.15, 0.2) is 84.0 Å². The minimum absolute atomic E-state index is 0.0398. The number of halogens is 3. The van der Waals surface area contributed by atoms with Crippen molar-refractivity contribution in [3.8, 4) is 11.3 Å². The quantitative estimate of drug-likeness (QED) is 0.248. The molecule has 4 N–H and O–H groups in total. The molecule has 9 nitrogen and oxygen atoms in total. The highest BCUT2D eigenvalue weighted by molar-refractivity contribution is 7.92. The van der Waals surface area contributed by atoms with Gasteiger partial charge in [-0.25, -0.2) is 28.1 Å². The van der Waals surface area contributed by atoms with Gasteiger partial charge in [-0.05, 0) is 36.4 Å². The molecule has 39 heavy (non-hydrogen) atoms. The molecule has 14 heteroatoms. The number of nitrogens with zero attached hydrogens (tertiary/aromatic N) is 3. The van der Waals surface area contributed by atoms with Crippen molar-refractivity contribution < 1.29 is 26.4 Å². The first-order chi connectivity index (χ1) is 18.5. The van der Waals surface area contributed by atoms with Crippen LogP contribution in [0, 0.1) is 0 Å². The van der Waals surface area contributed by atoms with E-state index in [1.165, 1.54) is 42.7 Å². The molecule has 3 heterocycles. The van der Waals surface area contributed by atoms with E-state index in [-0.39, 0.29) is 43.0 Å². The summed E-state index contributed by atoms with van der Waals surface area (Å²) in [4.78, 5) is 24.6. The average Bonchev–Trinajstić information content (AvgIpc) is 3.25. The van der Waals surface area contributed by atoms with E-state index in [0.717, 1.165) is 17.4 Å². The summed E-state index contributed by atoms with van der Waals surface area (Å²) in [5.74, 6) is -0.881. The van der Waals surface area contributed by atoms with Gasteiger partial charge in [-0.2, -0.15) is 13.2 Å². The number of benzene rings is 2. The van der Waals surface area contributed by atoms with E-state index >= 15 is 0 Å². The van der Waals surface area contributed by atoms with Crippen molar-refractivity contribution in [2.45, 2.75) is 11.1 Å². The molecule has 0 bridgehead atoms. The molecule has 0 aliphatic heterocycles. The molecule has 198 valence electrons. The molecule has 0 radical (unpaired) electrons. The molecule has 0 spiro atoms. The number of amides is 1. The van der Waals surface area contributed by atoms with Crippen molar-refractivity contribution in [1.29, 1.82) is 0 Å². The van der Waals surface area contributed by atoms with Gasteiger partial charge in [0, 0.05) is 29.0 Å². The minimum atomic E-state index is -4.74. The van der Waals surface area contributed by atoms with Crippen LogP contribution in [-0.2, 0) is 16.2 Å². The molecular formula is C25H17F3N6O3S2. The van der Waals surface area contributed by atoms with Gasteiger partial charge in [-0.1, -0.05) is 30.3 Å². The SMILES string of the molecule is Nc1c(C(=O)Nc2ccc(S(=O)(=O)Nc3ncccn3)cc2)sc2nc(-c3ccccc3)cc(C(F)(F)F)c12. The average molecular weight is 571 g/mol. The van der Waals surface area contributed by atoms with Gasteiger partial charge >= 0.3 is 6.18 Å². The summed E-state index contributed by atoms with van der Waals surface area (Å²) in [6, 6.07) is 15.9. The van der Waals surface area contributed by atoms with Gasteiger partial charge in [0.15, 0.2) is 0 Å². The summed E-state index contributed by atoms with van der Waals surface area (Å²) in [6.07, 6.45) is -1.99. The summed E-state index contributed by atoms with van der Waals surface area (Å²) in [7, 11) is -4.00. The lowest BCUT2D eigenvalue weighted by atomic mass is 10.1. The number of fused-ring (bicyclic) bond motifs is 1. The number of pyridine rings is 1. The van der Waals surface area contributed by atoms with Crippen molar-refractivity contribution >= 4 is 54.8 Å². The van der Waals surface area contributed by atoms with Crippen LogP contribution in [0.3, 0.4) is 0 Å². The van der Waals surface area contributed by atoms with Crippen molar-refractivity contribution in [2.75, 3.05) is 15.8 Å². The van der Waals surface area contributed by atoms with Gasteiger partial charge in [0.1, 0.15) is 9.71 Å². The Morgan fingerprint density at radius 2 is 1.62 bits per heavy atom. The number of nitrogens with one attached hydrogen (secondary N) is 2. The van der Waals surface area contributed by atoms with Crippen LogP contribution in [0.2, 0.25) is 0 Å². The number of hydrogen-bond acceptors (Lipinski definition) is 8. The molecule has 0 saturated carbocycles. The predicted molar refractivity (Wildman–Crippen MR) is 142 cm³/mol. The monoisotopic (exact) mass is 570 g/mol. The van der Waals surface area contributed by atoms with Crippen LogP contribution in [-0.4, -0.2) is 29.3 Å². The Morgan fingerprint density at radius 3 is 2.26 bits per heavy atom. The maximum absolute atomic E-state index is 14.0. The van der Waals surface area contributed by atoms with E-state index in [1.807, 2.05) is 0 Å². The van der Waals surface area contributed by atoms with E-state index < -0.39 is 27.7 Å². The maximum Gasteiger partial charge on any atom is 0.417 e. The molecule has 1 amide bonds. The second-order valence-corrected chi connectivity index (χ2v) is 10.8. The lowest BCUT2D eigenvalue weighted by Crippen LogP contribution is -2.15. The number of carbonyl (C=O) groups is 1. The first-order valence-corrected chi connectivity index (χ1v) is 13.4. The predicted octanol–water partition coefficient (Wildman–Crippen LogP) is 5.41. The number of hydrogen-bond donors (Lipinski definition) is 3. The van der Waals surface area contributed by atoms with Crippen LogP contribution in [0.4, 0.5) is 30.5 Å². The van der Waals surface area contributed by atoms with E-state index in [4.69, 9.17) is 5.73 Å². The minimum Gasteiger partial charge on any atom is -0.397 e. The van der Waals surface area contributed by atoms with Crippen LogP contribution < -0.4 is 15.8 Å². The number of carbonyl (C=O) groups excluding carboxylic acids is 1. The fourth-order valence-corrected chi connectivity index (χ4v) is 5.68. The van der Waals surface area contributed by atoms with Crippen LogP contribution in [0.1, 0.15) is 15.2 Å². The fourth-order valence-electron chi connectivity index (χ4n) is 3.71. The van der Waals surface area contributed by atoms with Gasteiger partial charge in [0.2, 0.25) is 5.95 Å². The Morgan fingerprint density at radius 1 is 0.949 bits per heavy atom. The van der Waals surface area contributed by atoms with Crippen molar-refractivity contribution in [3.05, 3.63) is 89.6 Å². The van der Waals surface area contributed by atoms with E-state index in [0.29, 0.717) is 5.56 Å². The Balaban J connectivity index is 1.44. The first-order valence-electron chi connectivity index (χ1n) is 11.1. The van der Waals surface area contributed by atoms with Crippen molar-refractivity contribution in [3.63, 3.8) is 0 Å². The summed E-state index contributed by atoms with van der Waals surface area (Å²) in [5.41, 5.74) is 5.46. The van der Waals surface area contributed by atoms with Crippen LogP contribution in [0.5, 0.6) is 0 Å². The third-order valence-corrected chi connectivity index (χ3v) is 7.94. The fraction of sp³-hybridized carbons (Fsp3) is 0.0400. The van der Waals surface area contributed by atoms with Gasteiger partial charge in [0.05, 0.1) is 21.8 Å². The Bertz CT molecular complexity index is 1780.